The van der Waals surface area contributed by atoms with Crippen molar-refractivity contribution in [1.29, 1.82) is 0 Å². The molecule has 0 radical (unpaired) electrons. The largest absolute Gasteiger partial charge is 0.409 e. The lowest BCUT2D eigenvalue weighted by Gasteiger charge is -2.07. The van der Waals surface area contributed by atoms with Crippen LogP contribution >= 0.6 is 0 Å². The highest BCUT2D eigenvalue weighted by atomic mass is 32.3. The Kier molecular flexibility index (Phi) is 5.09. The summed E-state index contributed by atoms with van der Waals surface area (Å²) in [6, 6.07) is 6.34. The summed E-state index contributed by atoms with van der Waals surface area (Å²) in [6.07, 6.45) is 0.839. The molecule has 0 unspecified atom stereocenters. The summed E-state index contributed by atoms with van der Waals surface area (Å²) in [6.45, 7) is -0.0929. The van der Waals surface area contributed by atoms with Crippen LogP contribution in [0.4, 0.5) is 0 Å². The third kappa shape index (κ3) is 5.55. The number of oxime groups is 1. The van der Waals surface area contributed by atoms with Gasteiger partial charge in [0, 0.05) is 18.4 Å². The first-order chi connectivity index (χ1) is 9.13. The smallest absolute Gasteiger partial charge is 0.226 e. The van der Waals surface area contributed by atoms with Crippen molar-refractivity contribution < 1.29 is 22.0 Å². The highest BCUT2D eigenvalue weighted by Crippen LogP contribution is 2.06. The molecule has 0 aliphatic carbocycles. The second kappa shape index (κ2) is 6.20. The maximum Gasteiger partial charge on any atom is 0.226 e. The van der Waals surface area contributed by atoms with Gasteiger partial charge in [-0.15, -0.1) is 0 Å². The van der Waals surface area contributed by atoms with E-state index in [1.54, 1.807) is 18.2 Å². The van der Waals surface area contributed by atoms with Crippen LogP contribution in [0.5, 0.6) is 0 Å². The third-order valence-electron chi connectivity index (χ3n) is 2.20. The Hall–Kier alpha value is -1.65. The second-order valence-corrected chi connectivity index (χ2v) is 8.48. The number of benzene rings is 1. The van der Waals surface area contributed by atoms with Gasteiger partial charge in [-0.2, -0.15) is 0 Å². The van der Waals surface area contributed by atoms with Crippen molar-refractivity contribution in [1.82, 2.24) is 4.72 Å². The number of sulfone groups is 1. The Morgan fingerprint density at radius 2 is 2.00 bits per heavy atom. The van der Waals surface area contributed by atoms with Gasteiger partial charge in [-0.05, 0) is 11.6 Å². The molecule has 1 rings (SSSR count). The summed E-state index contributed by atoms with van der Waals surface area (Å²) in [5, 5.41) is 10.4. The van der Waals surface area contributed by atoms with E-state index in [1.165, 1.54) is 6.07 Å². The molecule has 0 amide bonds. The molecule has 0 bridgehead atoms. The van der Waals surface area contributed by atoms with E-state index in [2.05, 4.69) is 9.88 Å². The van der Waals surface area contributed by atoms with Gasteiger partial charge >= 0.3 is 0 Å². The van der Waals surface area contributed by atoms with Gasteiger partial charge in [0.1, 0.15) is 0 Å². The van der Waals surface area contributed by atoms with E-state index in [4.69, 9.17) is 10.9 Å². The molecule has 0 aliphatic rings. The molecular formula is C10H15N3O5S2. The minimum absolute atomic E-state index is 0.0929. The van der Waals surface area contributed by atoms with Gasteiger partial charge in [-0.25, -0.2) is 21.6 Å². The molecule has 4 N–H and O–H groups in total. The van der Waals surface area contributed by atoms with E-state index < -0.39 is 24.9 Å². The van der Waals surface area contributed by atoms with Crippen LogP contribution in [-0.2, 0) is 26.4 Å². The number of hydrogen-bond donors (Lipinski definition) is 3. The van der Waals surface area contributed by atoms with Crippen molar-refractivity contribution in [3.05, 3.63) is 35.4 Å². The number of sulfonamides is 1. The Bertz CT molecular complexity index is 710. The summed E-state index contributed by atoms with van der Waals surface area (Å²) in [4.78, 5) is 0. The lowest BCUT2D eigenvalue weighted by Crippen LogP contribution is -2.29. The zero-order valence-electron chi connectivity index (χ0n) is 10.6. The number of nitrogens with one attached hydrogen (secondary N) is 1. The van der Waals surface area contributed by atoms with Crippen LogP contribution in [0.3, 0.4) is 0 Å². The minimum Gasteiger partial charge on any atom is -0.409 e. The highest BCUT2D eigenvalue weighted by Gasteiger charge is 2.17. The molecule has 0 spiro atoms. The Balaban J connectivity index is 2.81. The minimum atomic E-state index is -3.92. The van der Waals surface area contributed by atoms with Crippen molar-refractivity contribution in [3.63, 3.8) is 0 Å². The van der Waals surface area contributed by atoms with Crippen molar-refractivity contribution in [2.24, 2.45) is 10.9 Å². The molecule has 1 aromatic carbocycles. The van der Waals surface area contributed by atoms with Crippen molar-refractivity contribution >= 4 is 25.7 Å². The molecule has 0 aromatic heterocycles. The molecule has 112 valence electrons. The molecule has 0 heterocycles. The predicted octanol–water partition coefficient (Wildman–Crippen LogP) is -0.797. The summed E-state index contributed by atoms with van der Waals surface area (Å²) in [5.41, 5.74) is 6.38. The van der Waals surface area contributed by atoms with E-state index >= 15 is 0 Å². The van der Waals surface area contributed by atoms with Crippen LogP contribution < -0.4 is 10.5 Å². The average molecular weight is 321 g/mol. The molecule has 0 saturated carbocycles. The molecule has 10 heteroatoms. The summed E-state index contributed by atoms with van der Waals surface area (Å²) < 4.78 is 47.1. The van der Waals surface area contributed by atoms with Gasteiger partial charge in [-0.1, -0.05) is 23.4 Å². The topological polar surface area (TPSA) is 139 Å². The molecule has 0 atom stereocenters. The van der Waals surface area contributed by atoms with Gasteiger partial charge < -0.3 is 10.9 Å². The molecule has 0 saturated heterocycles. The van der Waals surface area contributed by atoms with Crippen LogP contribution in [0.25, 0.3) is 0 Å². The van der Waals surface area contributed by atoms with Crippen LogP contribution in [0.2, 0.25) is 0 Å². The Morgan fingerprint density at radius 1 is 1.35 bits per heavy atom. The van der Waals surface area contributed by atoms with Crippen molar-refractivity contribution in [2.45, 2.75) is 6.54 Å². The first-order valence-corrected chi connectivity index (χ1v) is 9.06. The first-order valence-electron chi connectivity index (χ1n) is 5.35. The number of amidine groups is 1. The lowest BCUT2D eigenvalue weighted by atomic mass is 10.1. The fraction of sp³-hybridized carbons (Fsp3) is 0.300. The van der Waals surface area contributed by atoms with Gasteiger partial charge in [0.25, 0.3) is 0 Å². The highest BCUT2D eigenvalue weighted by molar-refractivity contribution is 8.06. The fourth-order valence-corrected chi connectivity index (χ4v) is 4.39. The first kappa shape index (κ1) is 16.4. The zero-order valence-corrected chi connectivity index (χ0v) is 12.3. The standard InChI is InChI=1S/C10H15N3O5S2/c1-19(15,16)7-20(17,18)12-6-8-3-2-4-9(5-8)10(11)13-14/h2-5,12,14H,6-7H2,1H3,(H2,11,13). The third-order valence-corrected chi connectivity index (χ3v) is 5.73. The molecule has 20 heavy (non-hydrogen) atoms. The normalized spacial score (nSPS) is 13.3. The van der Waals surface area contributed by atoms with E-state index in [-0.39, 0.29) is 12.4 Å². The van der Waals surface area contributed by atoms with E-state index in [9.17, 15) is 16.8 Å². The maximum absolute atomic E-state index is 11.5. The number of hydrogen-bond acceptors (Lipinski definition) is 6. The zero-order chi connectivity index (χ0) is 15.4. The Morgan fingerprint density at radius 3 is 2.55 bits per heavy atom. The quantitative estimate of drug-likeness (QED) is 0.271. The molecule has 0 fully saturated rings. The lowest BCUT2D eigenvalue weighted by molar-refractivity contribution is 0.318. The molecule has 1 aromatic rings. The monoisotopic (exact) mass is 321 g/mol. The Labute approximate surface area is 117 Å². The average Bonchev–Trinajstić information content (AvgIpc) is 2.33. The number of rotatable bonds is 6. The van der Waals surface area contributed by atoms with Gasteiger partial charge in [0.2, 0.25) is 10.0 Å². The van der Waals surface area contributed by atoms with Crippen LogP contribution in [0.1, 0.15) is 11.1 Å². The molecule has 8 nitrogen and oxygen atoms in total. The van der Waals surface area contributed by atoms with Gasteiger partial charge in [0.05, 0.1) is 0 Å². The second-order valence-electron chi connectivity index (χ2n) is 4.17. The van der Waals surface area contributed by atoms with Crippen molar-refractivity contribution in [3.8, 4) is 0 Å². The number of nitrogens with two attached hydrogens (primary N) is 1. The van der Waals surface area contributed by atoms with E-state index in [1.807, 2.05) is 0 Å². The summed E-state index contributed by atoms with van der Waals surface area (Å²) in [7, 11) is -7.56. The van der Waals surface area contributed by atoms with Crippen LogP contribution in [-0.4, -0.2) is 39.2 Å². The van der Waals surface area contributed by atoms with Gasteiger partial charge in [-0.3, -0.25) is 0 Å². The molecular weight excluding hydrogens is 306 g/mol. The number of nitrogens with zero attached hydrogens (tertiary/aromatic N) is 1. The maximum atomic E-state index is 11.5. The summed E-state index contributed by atoms with van der Waals surface area (Å²) in [5.74, 6) is -0.106. The summed E-state index contributed by atoms with van der Waals surface area (Å²) >= 11 is 0. The van der Waals surface area contributed by atoms with Crippen molar-refractivity contribution in [2.75, 3.05) is 11.3 Å². The van der Waals surface area contributed by atoms with Crippen LogP contribution in [0, 0.1) is 0 Å². The SMILES string of the molecule is CS(=O)(=O)CS(=O)(=O)NCc1cccc(/C(N)=N/O)c1. The van der Waals surface area contributed by atoms with Crippen LogP contribution in [0.15, 0.2) is 29.4 Å². The van der Waals surface area contributed by atoms with E-state index in [0.717, 1.165) is 6.26 Å². The predicted molar refractivity (Wildman–Crippen MR) is 74.4 cm³/mol. The van der Waals surface area contributed by atoms with E-state index in [0.29, 0.717) is 11.1 Å². The van der Waals surface area contributed by atoms with Gasteiger partial charge in [0.15, 0.2) is 20.8 Å². The fourth-order valence-electron chi connectivity index (χ4n) is 1.42. The molecule has 0 aliphatic heterocycles.